The highest BCUT2D eigenvalue weighted by molar-refractivity contribution is 9.10. The molecule has 0 aliphatic carbocycles. The van der Waals surface area contributed by atoms with Crippen molar-refractivity contribution >= 4 is 15.9 Å². The Kier molecular flexibility index (Phi) is 3.97. The second kappa shape index (κ2) is 5.48. The molecule has 0 saturated carbocycles. The lowest BCUT2D eigenvalue weighted by atomic mass is 10.1. The van der Waals surface area contributed by atoms with Crippen LogP contribution in [-0.4, -0.2) is 0 Å². The van der Waals surface area contributed by atoms with Gasteiger partial charge in [0.25, 0.3) is 0 Å². The van der Waals surface area contributed by atoms with Gasteiger partial charge in [-0.3, -0.25) is 0 Å². The van der Waals surface area contributed by atoms with E-state index in [4.69, 9.17) is 4.74 Å². The average molecular weight is 313 g/mol. The van der Waals surface area contributed by atoms with Gasteiger partial charge in [0, 0.05) is 4.47 Å². The normalized spacial score (nSPS) is 10.4. The van der Waals surface area contributed by atoms with Crippen molar-refractivity contribution < 1.29 is 13.5 Å². The van der Waals surface area contributed by atoms with Gasteiger partial charge >= 0.3 is 0 Å². The molecule has 0 N–H and O–H groups in total. The van der Waals surface area contributed by atoms with Crippen LogP contribution in [0.15, 0.2) is 40.9 Å². The number of rotatable bonds is 3. The molecule has 1 nitrogen and oxygen atoms in total. The SMILES string of the molecule is Cc1ccc(F)cc1COc1cc(Br)ccc1F. The molecule has 94 valence electrons. The van der Waals surface area contributed by atoms with Crippen molar-refractivity contribution in [2.24, 2.45) is 0 Å². The monoisotopic (exact) mass is 312 g/mol. The molecule has 0 heterocycles. The third kappa shape index (κ3) is 3.07. The second-order valence-corrected chi connectivity index (χ2v) is 4.85. The van der Waals surface area contributed by atoms with Gasteiger partial charge < -0.3 is 4.74 Å². The zero-order valence-electron chi connectivity index (χ0n) is 9.71. The first-order valence-corrected chi connectivity index (χ1v) is 6.18. The highest BCUT2D eigenvalue weighted by atomic mass is 79.9. The Bertz CT molecular complexity index is 518. The molecule has 0 bridgehead atoms. The van der Waals surface area contributed by atoms with Crippen LogP contribution in [0.1, 0.15) is 11.1 Å². The lowest BCUT2D eigenvalue weighted by Gasteiger charge is -2.10. The fourth-order valence-electron chi connectivity index (χ4n) is 1.54. The molecule has 18 heavy (non-hydrogen) atoms. The number of aryl methyl sites for hydroxylation is 1. The molecule has 0 unspecified atom stereocenters. The van der Waals surface area contributed by atoms with Crippen LogP contribution in [0.25, 0.3) is 0 Å². The molecule has 0 aliphatic rings. The van der Waals surface area contributed by atoms with Gasteiger partial charge in [-0.2, -0.15) is 0 Å². The molecular formula is C14H11BrF2O. The van der Waals surface area contributed by atoms with Crippen LogP contribution < -0.4 is 4.74 Å². The van der Waals surface area contributed by atoms with Gasteiger partial charge in [-0.1, -0.05) is 22.0 Å². The van der Waals surface area contributed by atoms with Gasteiger partial charge in [0.1, 0.15) is 12.4 Å². The molecule has 2 aromatic carbocycles. The van der Waals surface area contributed by atoms with Crippen LogP contribution in [0.5, 0.6) is 5.75 Å². The van der Waals surface area contributed by atoms with Crippen LogP contribution in [0, 0.1) is 18.6 Å². The first kappa shape index (κ1) is 13.0. The molecule has 0 atom stereocenters. The van der Waals surface area contributed by atoms with Crippen molar-refractivity contribution in [3.8, 4) is 5.75 Å². The summed E-state index contributed by atoms with van der Waals surface area (Å²) in [4.78, 5) is 0. The van der Waals surface area contributed by atoms with Gasteiger partial charge in [-0.05, 0) is 48.4 Å². The molecule has 0 fully saturated rings. The van der Waals surface area contributed by atoms with E-state index in [-0.39, 0.29) is 18.2 Å². The second-order valence-electron chi connectivity index (χ2n) is 3.93. The molecular weight excluding hydrogens is 302 g/mol. The fourth-order valence-corrected chi connectivity index (χ4v) is 1.88. The minimum Gasteiger partial charge on any atom is -0.486 e. The molecule has 0 amide bonds. The van der Waals surface area contributed by atoms with Crippen LogP contribution in [-0.2, 0) is 6.61 Å². The molecule has 0 radical (unpaired) electrons. The van der Waals surface area contributed by atoms with E-state index in [2.05, 4.69) is 15.9 Å². The predicted octanol–water partition coefficient (Wildman–Crippen LogP) is 4.61. The highest BCUT2D eigenvalue weighted by Gasteiger charge is 2.06. The van der Waals surface area contributed by atoms with Gasteiger partial charge in [0.2, 0.25) is 0 Å². The van der Waals surface area contributed by atoms with Gasteiger partial charge in [0.15, 0.2) is 11.6 Å². The Morgan fingerprint density at radius 3 is 2.67 bits per heavy atom. The zero-order chi connectivity index (χ0) is 13.1. The average Bonchev–Trinajstić information content (AvgIpc) is 2.34. The van der Waals surface area contributed by atoms with E-state index < -0.39 is 5.82 Å². The zero-order valence-corrected chi connectivity index (χ0v) is 11.3. The van der Waals surface area contributed by atoms with E-state index in [1.54, 1.807) is 18.2 Å². The minimum absolute atomic E-state index is 0.136. The fraction of sp³-hybridized carbons (Fsp3) is 0.143. The summed E-state index contributed by atoms with van der Waals surface area (Å²) in [5.74, 6) is -0.616. The lowest BCUT2D eigenvalue weighted by Crippen LogP contribution is -2.00. The smallest absolute Gasteiger partial charge is 0.165 e. The van der Waals surface area contributed by atoms with Crippen LogP contribution in [0.2, 0.25) is 0 Å². The van der Waals surface area contributed by atoms with E-state index in [0.717, 1.165) is 10.0 Å². The van der Waals surface area contributed by atoms with Crippen molar-refractivity contribution in [1.82, 2.24) is 0 Å². The Morgan fingerprint density at radius 1 is 1.11 bits per heavy atom. The lowest BCUT2D eigenvalue weighted by molar-refractivity contribution is 0.289. The first-order valence-electron chi connectivity index (χ1n) is 5.39. The molecule has 0 aliphatic heterocycles. The number of hydrogen-bond donors (Lipinski definition) is 0. The summed E-state index contributed by atoms with van der Waals surface area (Å²) in [6.45, 7) is 1.99. The number of halogens is 3. The standard InChI is InChI=1S/C14H11BrF2O/c1-9-2-4-12(16)6-10(9)8-18-14-7-11(15)3-5-13(14)17/h2-7H,8H2,1H3. The summed E-state index contributed by atoms with van der Waals surface area (Å²) < 4.78 is 32.6. The highest BCUT2D eigenvalue weighted by Crippen LogP contribution is 2.23. The third-order valence-electron chi connectivity index (χ3n) is 2.59. The van der Waals surface area contributed by atoms with E-state index in [0.29, 0.717) is 5.56 Å². The maximum absolute atomic E-state index is 13.4. The van der Waals surface area contributed by atoms with E-state index >= 15 is 0 Å². The van der Waals surface area contributed by atoms with E-state index in [1.165, 1.54) is 18.2 Å². The number of benzene rings is 2. The van der Waals surface area contributed by atoms with E-state index in [9.17, 15) is 8.78 Å². The topological polar surface area (TPSA) is 9.23 Å². The van der Waals surface area contributed by atoms with Gasteiger partial charge in [-0.15, -0.1) is 0 Å². The molecule has 0 spiro atoms. The van der Waals surface area contributed by atoms with Crippen molar-refractivity contribution in [2.75, 3.05) is 0 Å². The van der Waals surface area contributed by atoms with Crippen LogP contribution in [0.4, 0.5) is 8.78 Å². The van der Waals surface area contributed by atoms with Gasteiger partial charge in [0.05, 0.1) is 0 Å². The largest absolute Gasteiger partial charge is 0.486 e. The Morgan fingerprint density at radius 2 is 1.89 bits per heavy atom. The Hall–Kier alpha value is -1.42. The molecule has 2 aromatic rings. The minimum atomic E-state index is -0.438. The summed E-state index contributed by atoms with van der Waals surface area (Å²) in [7, 11) is 0. The first-order chi connectivity index (χ1) is 8.56. The molecule has 0 saturated heterocycles. The summed E-state index contributed by atoms with van der Waals surface area (Å²) in [5, 5.41) is 0. The van der Waals surface area contributed by atoms with Crippen molar-refractivity contribution in [3.63, 3.8) is 0 Å². The maximum Gasteiger partial charge on any atom is 0.165 e. The Labute approximate surface area is 113 Å². The van der Waals surface area contributed by atoms with Gasteiger partial charge in [-0.25, -0.2) is 8.78 Å². The number of ether oxygens (including phenoxy) is 1. The quantitative estimate of drug-likeness (QED) is 0.804. The third-order valence-corrected chi connectivity index (χ3v) is 3.08. The summed E-state index contributed by atoms with van der Waals surface area (Å²) in [6, 6.07) is 8.91. The maximum atomic E-state index is 13.4. The molecule has 0 aromatic heterocycles. The summed E-state index contributed by atoms with van der Waals surface area (Å²) in [6.07, 6.45) is 0. The molecule has 4 heteroatoms. The predicted molar refractivity (Wildman–Crippen MR) is 69.6 cm³/mol. The molecule has 2 rings (SSSR count). The van der Waals surface area contributed by atoms with Crippen molar-refractivity contribution in [1.29, 1.82) is 0 Å². The Balaban J connectivity index is 2.16. The van der Waals surface area contributed by atoms with Crippen LogP contribution >= 0.6 is 15.9 Å². The summed E-state index contributed by atoms with van der Waals surface area (Å²) in [5.41, 5.74) is 1.61. The summed E-state index contributed by atoms with van der Waals surface area (Å²) >= 11 is 3.24. The van der Waals surface area contributed by atoms with E-state index in [1.807, 2.05) is 6.92 Å². The van der Waals surface area contributed by atoms with Crippen molar-refractivity contribution in [3.05, 3.63) is 63.6 Å². The van der Waals surface area contributed by atoms with Crippen LogP contribution in [0.3, 0.4) is 0 Å². The number of hydrogen-bond acceptors (Lipinski definition) is 1. The van der Waals surface area contributed by atoms with Crippen molar-refractivity contribution in [2.45, 2.75) is 13.5 Å².